The van der Waals surface area contributed by atoms with Crippen LogP contribution in [0.4, 0.5) is 5.69 Å². The number of H-pyrrole nitrogens is 1. The number of rotatable bonds is 7. The third-order valence-electron chi connectivity index (χ3n) is 2.83. The zero-order valence-corrected chi connectivity index (χ0v) is 14.2. The number of pyridine rings is 1. The standard InChI is InChI=1S/C15H16IN2O4/c1-2-3-10-16-11-6-4-5-7-13(11)22-15-12(18(20)21)8-9-14(19)17-15/h4-9H,2-3,10H2,1H3,(H,17,19)/q-1. The first-order valence-corrected chi connectivity index (χ1v) is 9.46. The van der Waals surface area contributed by atoms with Crippen molar-refractivity contribution in [1.29, 1.82) is 0 Å². The van der Waals surface area contributed by atoms with Crippen molar-refractivity contribution in [1.82, 2.24) is 4.98 Å². The summed E-state index contributed by atoms with van der Waals surface area (Å²) in [5, 5.41) is 11.0. The van der Waals surface area contributed by atoms with E-state index < -0.39 is 10.5 Å². The molecule has 0 saturated heterocycles. The van der Waals surface area contributed by atoms with Gasteiger partial charge in [-0.05, 0) is 0 Å². The predicted molar refractivity (Wildman–Crippen MR) is 78.7 cm³/mol. The second-order valence-electron chi connectivity index (χ2n) is 4.50. The van der Waals surface area contributed by atoms with Crippen molar-refractivity contribution >= 4 is 5.69 Å². The molecule has 2 aromatic rings. The van der Waals surface area contributed by atoms with Crippen LogP contribution in [-0.2, 0) is 0 Å². The molecule has 0 aliphatic carbocycles. The van der Waals surface area contributed by atoms with E-state index in [9.17, 15) is 14.9 Å². The number of ether oxygens (including phenoxy) is 1. The fourth-order valence-corrected chi connectivity index (χ4v) is 4.57. The second-order valence-corrected chi connectivity index (χ2v) is 7.51. The molecule has 0 amide bonds. The molecule has 0 saturated carbocycles. The normalized spacial score (nSPS) is 10.6. The van der Waals surface area contributed by atoms with E-state index >= 15 is 0 Å². The Labute approximate surface area is 137 Å². The van der Waals surface area contributed by atoms with E-state index in [1.807, 2.05) is 18.2 Å². The first-order valence-electron chi connectivity index (χ1n) is 6.85. The molecule has 0 fully saturated rings. The van der Waals surface area contributed by atoms with Crippen molar-refractivity contribution < 1.29 is 30.9 Å². The van der Waals surface area contributed by atoms with Crippen LogP contribution in [0.2, 0.25) is 0 Å². The molecular formula is C15H16IN2O4-. The monoisotopic (exact) mass is 415 g/mol. The van der Waals surface area contributed by atoms with E-state index in [-0.39, 0.29) is 32.8 Å². The molecular weight excluding hydrogens is 399 g/mol. The first-order chi connectivity index (χ1) is 10.6. The molecule has 0 atom stereocenters. The van der Waals surface area contributed by atoms with Gasteiger partial charge in [0.2, 0.25) is 0 Å². The average Bonchev–Trinajstić information content (AvgIpc) is 2.49. The quantitative estimate of drug-likeness (QED) is 0.229. The number of aromatic nitrogens is 1. The Morgan fingerprint density at radius 1 is 1.27 bits per heavy atom. The van der Waals surface area contributed by atoms with E-state index in [0.29, 0.717) is 5.75 Å². The Morgan fingerprint density at radius 3 is 2.77 bits per heavy atom. The number of nitro groups is 1. The number of hydrogen-bond donors (Lipinski definition) is 1. The minimum absolute atomic E-state index is 0.121. The summed E-state index contributed by atoms with van der Waals surface area (Å²) in [4.78, 5) is 24.3. The number of para-hydroxylation sites is 1. The third kappa shape index (κ3) is 4.30. The van der Waals surface area contributed by atoms with Crippen LogP contribution in [0.5, 0.6) is 11.6 Å². The van der Waals surface area contributed by atoms with Crippen LogP contribution in [0.1, 0.15) is 19.8 Å². The van der Waals surface area contributed by atoms with Gasteiger partial charge in [-0.2, -0.15) is 0 Å². The summed E-state index contributed by atoms with van der Waals surface area (Å²) in [6.45, 7) is 2.14. The summed E-state index contributed by atoms with van der Waals surface area (Å²) in [7, 11) is 0. The fourth-order valence-electron chi connectivity index (χ4n) is 1.72. The number of aromatic amines is 1. The number of halogens is 1. The van der Waals surface area contributed by atoms with Gasteiger partial charge in [0, 0.05) is 0 Å². The summed E-state index contributed by atoms with van der Waals surface area (Å²) in [5.74, 6) is 0.459. The molecule has 1 heterocycles. The number of hydrogen-bond acceptors (Lipinski definition) is 4. The Hall–Kier alpha value is -1.90. The van der Waals surface area contributed by atoms with Gasteiger partial charge in [0.25, 0.3) is 0 Å². The van der Waals surface area contributed by atoms with Gasteiger partial charge in [0.05, 0.1) is 0 Å². The Balaban J connectivity index is 2.29. The summed E-state index contributed by atoms with van der Waals surface area (Å²) >= 11 is -0.220. The van der Waals surface area contributed by atoms with Crippen LogP contribution < -0.4 is 31.5 Å². The van der Waals surface area contributed by atoms with Crippen LogP contribution in [0.25, 0.3) is 0 Å². The van der Waals surface area contributed by atoms with Gasteiger partial charge in [-0.25, -0.2) is 0 Å². The maximum atomic E-state index is 11.4. The molecule has 1 aromatic heterocycles. The summed E-state index contributed by atoms with van der Waals surface area (Å²) in [6, 6.07) is 9.76. The van der Waals surface area contributed by atoms with Crippen molar-refractivity contribution in [3.05, 3.63) is 60.4 Å². The second kappa shape index (κ2) is 7.92. The Kier molecular flexibility index (Phi) is 5.93. The van der Waals surface area contributed by atoms with E-state index in [0.717, 1.165) is 33.0 Å². The number of nitrogens with zero attached hydrogens (tertiary/aromatic N) is 1. The van der Waals surface area contributed by atoms with Gasteiger partial charge in [-0.15, -0.1) is 0 Å². The van der Waals surface area contributed by atoms with Gasteiger partial charge in [-0.1, -0.05) is 0 Å². The zero-order chi connectivity index (χ0) is 15.9. The van der Waals surface area contributed by atoms with E-state index in [4.69, 9.17) is 4.74 Å². The summed E-state index contributed by atoms with van der Waals surface area (Å²) in [5.41, 5.74) is -0.681. The third-order valence-corrected chi connectivity index (χ3v) is 5.85. The van der Waals surface area contributed by atoms with Gasteiger partial charge in [0.1, 0.15) is 0 Å². The Bertz CT molecular complexity index is 715. The molecule has 0 unspecified atom stereocenters. The fraction of sp³-hybridized carbons (Fsp3) is 0.267. The molecule has 22 heavy (non-hydrogen) atoms. The summed E-state index contributed by atoms with van der Waals surface area (Å²) in [6.07, 6.45) is 2.30. The number of alkyl halides is 1. The molecule has 0 aliphatic rings. The van der Waals surface area contributed by atoms with Crippen LogP contribution in [0, 0.1) is 13.7 Å². The molecule has 0 aliphatic heterocycles. The molecule has 0 radical (unpaired) electrons. The molecule has 2 rings (SSSR count). The minimum atomic E-state index is -0.569. The van der Waals surface area contributed by atoms with Crippen LogP contribution in [0.3, 0.4) is 0 Å². The van der Waals surface area contributed by atoms with E-state index in [1.165, 1.54) is 0 Å². The Morgan fingerprint density at radius 2 is 2.05 bits per heavy atom. The van der Waals surface area contributed by atoms with Gasteiger partial charge in [-0.3, -0.25) is 0 Å². The number of nitrogens with one attached hydrogen (secondary N) is 1. The summed E-state index contributed by atoms with van der Waals surface area (Å²) < 4.78 is 7.85. The van der Waals surface area contributed by atoms with E-state index in [2.05, 4.69) is 11.9 Å². The maximum absolute atomic E-state index is 11.4. The molecule has 6 nitrogen and oxygen atoms in total. The molecule has 118 valence electrons. The molecule has 1 aromatic carbocycles. The van der Waals surface area contributed by atoms with Gasteiger partial charge >= 0.3 is 138 Å². The average molecular weight is 415 g/mol. The van der Waals surface area contributed by atoms with Crippen LogP contribution in [0.15, 0.2) is 41.2 Å². The number of unbranched alkanes of at least 4 members (excludes halogenated alkanes) is 1. The van der Waals surface area contributed by atoms with Crippen LogP contribution in [-0.4, -0.2) is 14.3 Å². The number of benzene rings is 1. The molecule has 0 bridgehead atoms. The van der Waals surface area contributed by atoms with Gasteiger partial charge in [0.15, 0.2) is 0 Å². The molecule has 1 N–H and O–H groups in total. The van der Waals surface area contributed by atoms with Gasteiger partial charge < -0.3 is 0 Å². The molecule has 7 heteroatoms. The van der Waals surface area contributed by atoms with E-state index in [1.54, 1.807) is 6.07 Å². The molecule has 0 spiro atoms. The van der Waals surface area contributed by atoms with Crippen molar-refractivity contribution in [2.45, 2.75) is 19.8 Å². The van der Waals surface area contributed by atoms with Crippen molar-refractivity contribution in [3.63, 3.8) is 0 Å². The van der Waals surface area contributed by atoms with Crippen molar-refractivity contribution in [2.75, 3.05) is 4.43 Å². The van der Waals surface area contributed by atoms with Crippen molar-refractivity contribution in [3.8, 4) is 11.6 Å². The topological polar surface area (TPSA) is 85.2 Å². The van der Waals surface area contributed by atoms with Crippen molar-refractivity contribution in [2.24, 2.45) is 0 Å². The zero-order valence-electron chi connectivity index (χ0n) is 12.0. The predicted octanol–water partition coefficient (Wildman–Crippen LogP) is 0.134. The first kappa shape index (κ1) is 16.5. The SMILES string of the molecule is CCCC[I-]c1ccccc1Oc1[nH]c(=O)ccc1[N+](=O)[O-]. The van der Waals surface area contributed by atoms with Crippen LogP contribution >= 0.6 is 0 Å².